The highest BCUT2D eigenvalue weighted by atomic mass is 79.9. The van der Waals surface area contributed by atoms with E-state index in [9.17, 15) is 4.79 Å². The summed E-state index contributed by atoms with van der Waals surface area (Å²) in [6.07, 6.45) is 1.04. The third kappa shape index (κ3) is 3.33. The summed E-state index contributed by atoms with van der Waals surface area (Å²) in [6.45, 7) is 0. The SMILES string of the molecule is COc1ccc([C@@H]2CC(=O)C3=C(C2)Nc2nc(N)nn2[C@H]3c2ccccc2Br)cc1OC. The molecule has 5 rings (SSSR count). The number of ketones is 1. The quantitative estimate of drug-likeness (QED) is 0.562. The largest absolute Gasteiger partial charge is 0.493 e. The lowest BCUT2D eigenvalue weighted by Crippen LogP contribution is -2.33. The Morgan fingerprint density at radius 1 is 1.12 bits per heavy atom. The van der Waals surface area contributed by atoms with Crippen LogP contribution < -0.4 is 20.5 Å². The maximum absolute atomic E-state index is 13.5. The van der Waals surface area contributed by atoms with Crippen LogP contribution in [0.15, 0.2) is 58.2 Å². The molecule has 0 saturated heterocycles. The Kier molecular flexibility index (Phi) is 5.13. The molecule has 0 unspecified atom stereocenters. The number of benzene rings is 2. The second kappa shape index (κ2) is 7.98. The minimum atomic E-state index is -0.402. The number of carbonyl (C=O) groups is 1. The molecule has 9 heteroatoms. The number of aromatic nitrogens is 3. The fourth-order valence-corrected chi connectivity index (χ4v) is 5.06. The van der Waals surface area contributed by atoms with Crippen LogP contribution in [0.1, 0.15) is 35.9 Å². The number of hydrogen-bond acceptors (Lipinski definition) is 7. The van der Waals surface area contributed by atoms with Gasteiger partial charge in [0.05, 0.1) is 14.2 Å². The number of Topliss-reactive ketones (excluding diaryl/α,β-unsaturated/α-hetero) is 1. The molecule has 0 amide bonds. The molecule has 164 valence electrons. The van der Waals surface area contributed by atoms with Gasteiger partial charge in [-0.3, -0.25) is 4.79 Å². The number of rotatable bonds is 4. The molecule has 32 heavy (non-hydrogen) atoms. The van der Waals surface area contributed by atoms with E-state index in [0.717, 1.165) is 21.3 Å². The Morgan fingerprint density at radius 2 is 1.91 bits per heavy atom. The van der Waals surface area contributed by atoms with Crippen LogP contribution in [-0.4, -0.2) is 34.8 Å². The van der Waals surface area contributed by atoms with E-state index in [4.69, 9.17) is 15.2 Å². The third-order valence-electron chi connectivity index (χ3n) is 6.02. The van der Waals surface area contributed by atoms with Crippen molar-refractivity contribution in [3.63, 3.8) is 0 Å². The summed E-state index contributed by atoms with van der Waals surface area (Å²) < 4.78 is 13.4. The topological polar surface area (TPSA) is 104 Å². The Balaban J connectivity index is 1.59. The van der Waals surface area contributed by atoms with Crippen molar-refractivity contribution >= 4 is 33.6 Å². The van der Waals surface area contributed by atoms with Gasteiger partial charge in [-0.15, -0.1) is 5.10 Å². The summed E-state index contributed by atoms with van der Waals surface area (Å²) in [5.74, 6) is 2.06. The molecule has 0 fully saturated rings. The number of nitrogens with two attached hydrogens (primary N) is 1. The number of allylic oxidation sites excluding steroid dienone is 2. The predicted octanol–water partition coefficient (Wildman–Crippen LogP) is 4.06. The lowest BCUT2D eigenvalue weighted by molar-refractivity contribution is -0.116. The smallest absolute Gasteiger partial charge is 0.241 e. The molecule has 2 aromatic carbocycles. The van der Waals surface area contributed by atoms with E-state index in [1.807, 2.05) is 42.5 Å². The first kappa shape index (κ1) is 20.6. The number of anilines is 2. The molecule has 3 aromatic rings. The second-order valence-electron chi connectivity index (χ2n) is 7.82. The highest BCUT2D eigenvalue weighted by Gasteiger charge is 2.40. The van der Waals surface area contributed by atoms with Crippen LogP contribution in [0.2, 0.25) is 0 Å². The zero-order chi connectivity index (χ0) is 22.4. The van der Waals surface area contributed by atoms with Crippen molar-refractivity contribution in [3.05, 3.63) is 69.3 Å². The van der Waals surface area contributed by atoms with Crippen LogP contribution in [0.5, 0.6) is 11.5 Å². The van der Waals surface area contributed by atoms with Gasteiger partial charge in [-0.05, 0) is 41.7 Å². The Bertz CT molecular complexity index is 1250. The fourth-order valence-electron chi connectivity index (χ4n) is 4.56. The van der Waals surface area contributed by atoms with Gasteiger partial charge in [-0.1, -0.05) is 40.2 Å². The van der Waals surface area contributed by atoms with Gasteiger partial charge in [0.25, 0.3) is 0 Å². The minimum absolute atomic E-state index is 0.000221. The third-order valence-corrected chi connectivity index (χ3v) is 6.74. The average molecular weight is 496 g/mol. The summed E-state index contributed by atoms with van der Waals surface area (Å²) in [7, 11) is 3.21. The number of nitrogen functional groups attached to an aromatic ring is 1. The number of nitrogens with one attached hydrogen (secondary N) is 1. The van der Waals surface area contributed by atoms with Crippen LogP contribution in [0.4, 0.5) is 11.9 Å². The highest BCUT2D eigenvalue weighted by Crippen LogP contribution is 2.46. The van der Waals surface area contributed by atoms with Gasteiger partial charge in [0.15, 0.2) is 17.3 Å². The number of hydrogen-bond donors (Lipinski definition) is 2. The number of ether oxygens (including phenoxy) is 2. The standard InChI is InChI=1S/C23H22BrN5O3/c1-31-18-8-7-12(11-19(18)32-2)13-9-16-20(17(30)10-13)21(14-5-3-4-6-15(14)24)29-23(26-16)27-22(25)28-29/h3-8,11,13,21H,9-10H2,1-2H3,(H3,25,26,27,28)/t13-,21-/m0/s1. The number of fused-ring (bicyclic) bond motifs is 1. The van der Waals surface area contributed by atoms with Crippen LogP contribution in [0, 0.1) is 0 Å². The maximum Gasteiger partial charge on any atom is 0.241 e. The monoisotopic (exact) mass is 495 g/mol. The van der Waals surface area contributed by atoms with Gasteiger partial charge in [-0.2, -0.15) is 4.98 Å². The Hall–Kier alpha value is -3.33. The molecule has 0 saturated carbocycles. The van der Waals surface area contributed by atoms with Gasteiger partial charge in [0, 0.05) is 22.2 Å². The molecule has 1 aliphatic carbocycles. The molecule has 2 heterocycles. The molecule has 0 spiro atoms. The van der Waals surface area contributed by atoms with E-state index < -0.39 is 6.04 Å². The number of nitrogens with zero attached hydrogens (tertiary/aromatic N) is 3. The fraction of sp³-hybridized carbons (Fsp3) is 0.261. The van der Waals surface area contributed by atoms with Crippen molar-refractivity contribution < 1.29 is 14.3 Å². The summed E-state index contributed by atoms with van der Waals surface area (Å²) in [5, 5.41) is 7.69. The van der Waals surface area contributed by atoms with Crippen LogP contribution in [-0.2, 0) is 4.79 Å². The lowest BCUT2D eigenvalue weighted by Gasteiger charge is -2.35. The minimum Gasteiger partial charge on any atom is -0.493 e. The molecule has 2 atom stereocenters. The van der Waals surface area contributed by atoms with E-state index in [-0.39, 0.29) is 17.6 Å². The van der Waals surface area contributed by atoms with Gasteiger partial charge in [-0.25, -0.2) is 4.68 Å². The van der Waals surface area contributed by atoms with Crippen LogP contribution >= 0.6 is 15.9 Å². The van der Waals surface area contributed by atoms with Crippen LogP contribution in [0.3, 0.4) is 0 Å². The first-order valence-electron chi connectivity index (χ1n) is 10.2. The van der Waals surface area contributed by atoms with E-state index in [2.05, 4.69) is 31.3 Å². The van der Waals surface area contributed by atoms with Crippen molar-refractivity contribution in [1.82, 2.24) is 14.8 Å². The summed E-state index contributed by atoms with van der Waals surface area (Å²) in [5.41, 5.74) is 9.42. The van der Waals surface area contributed by atoms with Crippen molar-refractivity contribution in [3.8, 4) is 11.5 Å². The molecular formula is C23H22BrN5O3. The zero-order valence-corrected chi connectivity index (χ0v) is 19.2. The molecular weight excluding hydrogens is 474 g/mol. The number of methoxy groups -OCH3 is 2. The molecule has 3 N–H and O–H groups in total. The van der Waals surface area contributed by atoms with Gasteiger partial charge >= 0.3 is 0 Å². The first-order chi connectivity index (χ1) is 15.5. The average Bonchev–Trinajstić information content (AvgIpc) is 3.17. The molecule has 0 radical (unpaired) electrons. The predicted molar refractivity (Wildman–Crippen MR) is 124 cm³/mol. The molecule has 1 aromatic heterocycles. The molecule has 8 nitrogen and oxygen atoms in total. The lowest BCUT2D eigenvalue weighted by atomic mass is 9.78. The number of carbonyl (C=O) groups excluding carboxylic acids is 1. The maximum atomic E-state index is 13.5. The molecule has 0 bridgehead atoms. The van der Waals surface area contributed by atoms with E-state index >= 15 is 0 Å². The van der Waals surface area contributed by atoms with Gasteiger partial charge < -0.3 is 20.5 Å². The number of halogens is 1. The molecule has 1 aliphatic heterocycles. The van der Waals surface area contributed by atoms with Crippen LogP contribution in [0.25, 0.3) is 0 Å². The Labute approximate surface area is 193 Å². The zero-order valence-electron chi connectivity index (χ0n) is 17.6. The summed E-state index contributed by atoms with van der Waals surface area (Å²) >= 11 is 3.63. The van der Waals surface area contributed by atoms with E-state index in [1.165, 1.54) is 0 Å². The Morgan fingerprint density at radius 3 is 2.66 bits per heavy atom. The summed E-state index contributed by atoms with van der Waals surface area (Å²) in [6, 6.07) is 13.2. The summed E-state index contributed by atoms with van der Waals surface area (Å²) in [4.78, 5) is 17.9. The first-order valence-corrected chi connectivity index (χ1v) is 11.0. The molecule has 2 aliphatic rings. The van der Waals surface area contributed by atoms with Crippen molar-refractivity contribution in [2.45, 2.75) is 24.8 Å². The van der Waals surface area contributed by atoms with Gasteiger partial charge in [0.1, 0.15) is 6.04 Å². The van der Waals surface area contributed by atoms with E-state index in [0.29, 0.717) is 35.9 Å². The van der Waals surface area contributed by atoms with E-state index in [1.54, 1.807) is 18.9 Å². The van der Waals surface area contributed by atoms with Gasteiger partial charge in [0.2, 0.25) is 11.9 Å². The van der Waals surface area contributed by atoms with Crippen molar-refractivity contribution in [2.75, 3.05) is 25.3 Å². The highest BCUT2D eigenvalue weighted by molar-refractivity contribution is 9.10. The second-order valence-corrected chi connectivity index (χ2v) is 8.68. The normalized spacial score (nSPS) is 19.8. The van der Waals surface area contributed by atoms with Crippen molar-refractivity contribution in [2.24, 2.45) is 0 Å². The van der Waals surface area contributed by atoms with Crippen molar-refractivity contribution in [1.29, 1.82) is 0 Å².